The maximum atomic E-state index is 8.89. The Kier molecular flexibility index (Phi) is 24.5. The molecule has 0 aromatic carbocycles. The Morgan fingerprint density at radius 1 is 1.67 bits per heavy atom. The molecule has 0 N–H and O–H groups in total. The number of carboxylic acid groups (broad SMARTS) is 1. The maximum absolute atomic E-state index is 8.89. The fourth-order valence-electron chi connectivity index (χ4n) is 0. The van der Waals surface area contributed by atoms with Crippen molar-refractivity contribution in [2.24, 2.45) is 0 Å². The SMILES string of the molecule is CC(=O)[O-].[Mn+2].[Zr+4]. The Labute approximate surface area is 65.9 Å². The number of carboxylic acids is 1. The van der Waals surface area contributed by atoms with Gasteiger partial charge < -0.3 is 9.90 Å². The van der Waals surface area contributed by atoms with Crippen LogP contribution in [0.2, 0.25) is 0 Å². The van der Waals surface area contributed by atoms with Crippen molar-refractivity contribution in [1.82, 2.24) is 0 Å². The first kappa shape index (κ1) is 15.8. The summed E-state index contributed by atoms with van der Waals surface area (Å²) in [6, 6.07) is 0. The fraction of sp³-hybridized carbons (Fsp3) is 0.500. The van der Waals surface area contributed by atoms with Gasteiger partial charge in [0.05, 0.1) is 0 Å². The third-order valence-electron chi connectivity index (χ3n) is 0. The summed E-state index contributed by atoms with van der Waals surface area (Å²) in [5.41, 5.74) is 0. The van der Waals surface area contributed by atoms with Gasteiger partial charge in [-0.3, -0.25) is 0 Å². The molecule has 0 aromatic rings. The summed E-state index contributed by atoms with van der Waals surface area (Å²) in [6.45, 7) is 0.972. The smallest absolute Gasteiger partial charge is 0.550 e. The van der Waals surface area contributed by atoms with Crippen molar-refractivity contribution >= 4 is 5.97 Å². The second kappa shape index (κ2) is 9.30. The first-order valence-corrected chi connectivity index (χ1v) is 0.908. The van der Waals surface area contributed by atoms with E-state index in [2.05, 4.69) is 0 Å². The zero-order valence-electron chi connectivity index (χ0n) is 3.19. The molecule has 4 heteroatoms. The van der Waals surface area contributed by atoms with Crippen LogP contribution in [0.3, 0.4) is 0 Å². The summed E-state index contributed by atoms with van der Waals surface area (Å²) in [7, 11) is 0. The van der Waals surface area contributed by atoms with E-state index in [9.17, 15) is 0 Å². The number of hydrogen-bond donors (Lipinski definition) is 0. The monoisotopic (exact) mass is 204 g/mol. The van der Waals surface area contributed by atoms with Gasteiger partial charge in [-0.1, -0.05) is 0 Å². The van der Waals surface area contributed by atoms with Crippen LogP contribution in [0.5, 0.6) is 0 Å². The van der Waals surface area contributed by atoms with Crippen molar-refractivity contribution in [3.8, 4) is 0 Å². The van der Waals surface area contributed by atoms with E-state index in [-0.39, 0.29) is 43.3 Å². The van der Waals surface area contributed by atoms with Gasteiger partial charge in [0.1, 0.15) is 0 Å². The molecular formula is C2H3MnO2Zr+5. The number of hydrogen-bond acceptors (Lipinski definition) is 2. The summed E-state index contributed by atoms with van der Waals surface area (Å²) in [5, 5.41) is 8.89. The average molecular weight is 205 g/mol. The van der Waals surface area contributed by atoms with Gasteiger partial charge in [-0.2, -0.15) is 0 Å². The minimum absolute atomic E-state index is 0. The molecule has 1 radical (unpaired) electrons. The standard InChI is InChI=1S/C2H4O2.Mn.Zr/c1-2(3)4;;/h1H3,(H,3,4);;/q;+2;+4/p-1. The molecule has 0 aromatic heterocycles. The average Bonchev–Trinajstić information content (AvgIpc) is 0.811. The van der Waals surface area contributed by atoms with Gasteiger partial charge in [0.25, 0.3) is 0 Å². The van der Waals surface area contributed by atoms with E-state index in [0.29, 0.717) is 0 Å². The third kappa shape index (κ3) is 96.0. The van der Waals surface area contributed by atoms with Gasteiger partial charge in [-0.05, 0) is 6.92 Å². The molecule has 0 aliphatic rings. The van der Waals surface area contributed by atoms with Crippen molar-refractivity contribution < 1.29 is 53.2 Å². The fourth-order valence-corrected chi connectivity index (χ4v) is 0. The molecular weight excluding hydrogens is 202 g/mol. The normalized spacial score (nSPS) is 4.17. The molecule has 0 unspecified atom stereocenters. The Morgan fingerprint density at radius 3 is 1.67 bits per heavy atom. The number of rotatable bonds is 0. The molecule has 0 saturated heterocycles. The Hall–Kier alpha value is 0.873. The topological polar surface area (TPSA) is 40.1 Å². The van der Waals surface area contributed by atoms with Crippen LogP contribution in [-0.4, -0.2) is 5.97 Å². The third-order valence-corrected chi connectivity index (χ3v) is 0. The van der Waals surface area contributed by atoms with Gasteiger partial charge in [0, 0.05) is 5.97 Å². The molecule has 2 nitrogen and oxygen atoms in total. The zero-order valence-corrected chi connectivity index (χ0v) is 6.83. The van der Waals surface area contributed by atoms with Crippen molar-refractivity contribution in [2.75, 3.05) is 0 Å². The second-order valence-corrected chi connectivity index (χ2v) is 0.492. The summed E-state index contributed by atoms with van der Waals surface area (Å²) in [6.07, 6.45) is 0. The van der Waals surface area contributed by atoms with Crippen LogP contribution < -0.4 is 5.11 Å². The van der Waals surface area contributed by atoms with Crippen LogP contribution in [-0.2, 0) is 48.1 Å². The Morgan fingerprint density at radius 2 is 1.67 bits per heavy atom. The number of carbonyl (C=O) groups is 1. The van der Waals surface area contributed by atoms with Gasteiger partial charge in [-0.15, -0.1) is 0 Å². The van der Waals surface area contributed by atoms with Crippen LogP contribution in [0.4, 0.5) is 0 Å². The molecule has 0 atom stereocenters. The predicted octanol–water partition coefficient (Wildman–Crippen LogP) is -1.25. The molecule has 0 bridgehead atoms. The second-order valence-electron chi connectivity index (χ2n) is 0.492. The minimum atomic E-state index is -1.08. The summed E-state index contributed by atoms with van der Waals surface area (Å²) >= 11 is 0. The van der Waals surface area contributed by atoms with Crippen molar-refractivity contribution in [3.63, 3.8) is 0 Å². The van der Waals surface area contributed by atoms with E-state index in [0.717, 1.165) is 6.92 Å². The largest absolute Gasteiger partial charge is 4.00 e. The van der Waals surface area contributed by atoms with Crippen LogP contribution in [0, 0.1) is 0 Å². The van der Waals surface area contributed by atoms with E-state index >= 15 is 0 Å². The van der Waals surface area contributed by atoms with Crippen LogP contribution >= 0.6 is 0 Å². The van der Waals surface area contributed by atoms with E-state index < -0.39 is 5.97 Å². The summed E-state index contributed by atoms with van der Waals surface area (Å²) in [5.74, 6) is -1.08. The Bertz CT molecular complexity index is 34.5. The quantitative estimate of drug-likeness (QED) is 0.464. The van der Waals surface area contributed by atoms with Crippen molar-refractivity contribution in [2.45, 2.75) is 6.92 Å². The first-order chi connectivity index (χ1) is 1.73. The predicted molar refractivity (Wildman–Crippen MR) is 10.7 cm³/mol. The molecule has 0 heterocycles. The van der Waals surface area contributed by atoms with E-state index in [4.69, 9.17) is 9.90 Å². The van der Waals surface area contributed by atoms with Gasteiger partial charge in [0.2, 0.25) is 0 Å². The molecule has 29 valence electrons. The van der Waals surface area contributed by atoms with Gasteiger partial charge >= 0.3 is 43.3 Å². The minimum Gasteiger partial charge on any atom is -0.550 e. The zero-order chi connectivity index (χ0) is 3.58. The van der Waals surface area contributed by atoms with E-state index in [1.165, 1.54) is 0 Å². The van der Waals surface area contributed by atoms with Crippen molar-refractivity contribution in [1.29, 1.82) is 0 Å². The van der Waals surface area contributed by atoms with Gasteiger partial charge in [0.15, 0.2) is 0 Å². The molecule has 0 amide bonds. The van der Waals surface area contributed by atoms with E-state index in [1.54, 1.807) is 0 Å². The molecule has 0 spiro atoms. The maximum Gasteiger partial charge on any atom is 4.00 e. The molecule has 0 fully saturated rings. The number of carbonyl (C=O) groups excluding carboxylic acids is 1. The van der Waals surface area contributed by atoms with Crippen LogP contribution in [0.1, 0.15) is 6.92 Å². The molecule has 0 rings (SSSR count). The molecule has 0 aliphatic heterocycles. The summed E-state index contributed by atoms with van der Waals surface area (Å²) < 4.78 is 0. The van der Waals surface area contributed by atoms with Crippen LogP contribution in [0.25, 0.3) is 0 Å². The van der Waals surface area contributed by atoms with Crippen LogP contribution in [0.15, 0.2) is 0 Å². The van der Waals surface area contributed by atoms with E-state index in [1.807, 2.05) is 0 Å². The molecule has 6 heavy (non-hydrogen) atoms. The summed E-state index contributed by atoms with van der Waals surface area (Å²) in [4.78, 5) is 8.89. The number of aliphatic carboxylic acids is 1. The first-order valence-electron chi connectivity index (χ1n) is 0.908. The molecule has 0 aliphatic carbocycles. The van der Waals surface area contributed by atoms with Crippen molar-refractivity contribution in [3.05, 3.63) is 0 Å². The van der Waals surface area contributed by atoms with Gasteiger partial charge in [-0.25, -0.2) is 0 Å². The molecule has 0 saturated carbocycles. The Balaban J connectivity index is -0.0000000450.